The number of nitrogens with two attached hydrogens (primary N) is 2. The van der Waals surface area contributed by atoms with Gasteiger partial charge in [-0.15, -0.1) is 0 Å². The minimum absolute atomic E-state index is 0.262. The monoisotopic (exact) mass is 211 g/mol. The molecule has 0 saturated heterocycles. The quantitative estimate of drug-likeness (QED) is 0.721. The van der Waals surface area contributed by atoms with Crippen molar-refractivity contribution in [2.45, 2.75) is 39.8 Å². The zero-order valence-corrected chi connectivity index (χ0v) is 9.99. The van der Waals surface area contributed by atoms with E-state index in [0.717, 1.165) is 13.0 Å². The lowest BCUT2D eigenvalue weighted by atomic mass is 10.1. The van der Waals surface area contributed by atoms with Gasteiger partial charge in [-0.1, -0.05) is 13.8 Å². The molecule has 1 rings (SSSR count). The highest BCUT2D eigenvalue weighted by molar-refractivity contribution is 5.95. The molecular formula is C10H21N5. The summed E-state index contributed by atoms with van der Waals surface area (Å²) >= 11 is 0. The molecule has 5 nitrogen and oxygen atoms in total. The third-order valence-electron chi connectivity index (χ3n) is 2.48. The van der Waals surface area contributed by atoms with Crippen molar-refractivity contribution < 1.29 is 0 Å². The maximum absolute atomic E-state index is 5.85. The molecule has 0 spiro atoms. The largest absolute Gasteiger partial charge is 0.369 e. The number of aliphatic imine (C=N–C) groups is 2. The van der Waals surface area contributed by atoms with E-state index in [1.54, 1.807) is 0 Å². The number of hydrogen-bond acceptors (Lipinski definition) is 5. The molecule has 1 heterocycles. The van der Waals surface area contributed by atoms with Crippen LogP contribution in [0.15, 0.2) is 9.98 Å². The molecule has 1 aliphatic heterocycles. The molecule has 15 heavy (non-hydrogen) atoms. The first kappa shape index (κ1) is 11.8. The van der Waals surface area contributed by atoms with E-state index in [1.807, 2.05) is 18.7 Å². The fourth-order valence-corrected chi connectivity index (χ4v) is 1.60. The van der Waals surface area contributed by atoms with Crippen LogP contribution < -0.4 is 11.5 Å². The fraction of sp³-hybridized carbons (Fsp3) is 0.800. The third kappa shape index (κ3) is 2.84. The van der Waals surface area contributed by atoms with Crippen LogP contribution >= 0.6 is 0 Å². The Bertz CT molecular complexity index is 290. The van der Waals surface area contributed by atoms with Crippen molar-refractivity contribution in [3.63, 3.8) is 0 Å². The van der Waals surface area contributed by atoms with Gasteiger partial charge in [-0.2, -0.15) is 4.99 Å². The number of rotatable bonds is 3. The van der Waals surface area contributed by atoms with Crippen LogP contribution in [0.2, 0.25) is 0 Å². The van der Waals surface area contributed by atoms with E-state index < -0.39 is 0 Å². The van der Waals surface area contributed by atoms with Crippen LogP contribution in [0.1, 0.15) is 34.1 Å². The number of hydrogen-bond donors (Lipinski definition) is 2. The summed E-state index contributed by atoms with van der Waals surface area (Å²) in [5, 5.41) is 0. The van der Waals surface area contributed by atoms with Crippen LogP contribution in [0, 0.1) is 5.92 Å². The predicted octanol–water partition coefficient (Wildman–Crippen LogP) is 0.714. The molecule has 0 atom stereocenters. The van der Waals surface area contributed by atoms with Crippen LogP contribution in [0.25, 0.3) is 0 Å². The SMILES string of the molecule is CC(C)CCN1C(N)=NC(N)=NC1(C)C. The molecule has 0 unspecified atom stereocenters. The maximum atomic E-state index is 5.85. The molecule has 0 amide bonds. The summed E-state index contributed by atoms with van der Waals surface area (Å²) in [5.74, 6) is 1.36. The third-order valence-corrected chi connectivity index (χ3v) is 2.48. The standard InChI is InChI=1S/C10H21N5/c1-7(2)5-6-15-9(12)13-8(11)14-10(15,3)4/h7H,5-6H2,1-4H3,(H4,11,12,13,14). The summed E-state index contributed by atoms with van der Waals surface area (Å²) in [7, 11) is 0. The molecule has 0 bridgehead atoms. The topological polar surface area (TPSA) is 80.0 Å². The molecule has 0 aromatic rings. The summed E-state index contributed by atoms with van der Waals surface area (Å²) in [4.78, 5) is 10.3. The summed E-state index contributed by atoms with van der Waals surface area (Å²) in [6.45, 7) is 9.20. The Hall–Kier alpha value is -1.26. The Labute approximate surface area is 91.2 Å². The molecule has 0 aromatic carbocycles. The minimum Gasteiger partial charge on any atom is -0.369 e. The second-order valence-corrected chi connectivity index (χ2v) is 4.77. The van der Waals surface area contributed by atoms with E-state index in [9.17, 15) is 0 Å². The maximum Gasteiger partial charge on any atom is 0.220 e. The first-order chi connectivity index (χ1) is 6.83. The van der Waals surface area contributed by atoms with Crippen molar-refractivity contribution in [2.24, 2.45) is 27.4 Å². The van der Waals surface area contributed by atoms with E-state index in [4.69, 9.17) is 11.5 Å². The van der Waals surface area contributed by atoms with Crippen molar-refractivity contribution in [2.75, 3.05) is 6.54 Å². The lowest BCUT2D eigenvalue weighted by Crippen LogP contribution is -2.54. The normalized spacial score (nSPS) is 20.2. The average molecular weight is 211 g/mol. The van der Waals surface area contributed by atoms with Crippen LogP contribution in [-0.2, 0) is 0 Å². The molecule has 0 aromatic heterocycles. The first-order valence-electron chi connectivity index (χ1n) is 5.30. The summed E-state index contributed by atoms with van der Waals surface area (Å²) in [6, 6.07) is 0. The smallest absolute Gasteiger partial charge is 0.220 e. The van der Waals surface area contributed by atoms with E-state index in [1.165, 1.54) is 0 Å². The second kappa shape index (κ2) is 4.08. The summed E-state index contributed by atoms with van der Waals surface area (Å²) in [5.41, 5.74) is 11.0. The van der Waals surface area contributed by atoms with E-state index >= 15 is 0 Å². The lowest BCUT2D eigenvalue weighted by molar-refractivity contribution is 0.208. The molecular weight excluding hydrogens is 190 g/mol. The highest BCUT2D eigenvalue weighted by Gasteiger charge is 2.31. The molecule has 0 radical (unpaired) electrons. The van der Waals surface area contributed by atoms with Crippen molar-refractivity contribution in [1.29, 1.82) is 0 Å². The zero-order valence-electron chi connectivity index (χ0n) is 9.99. The fourth-order valence-electron chi connectivity index (χ4n) is 1.60. The van der Waals surface area contributed by atoms with E-state index in [-0.39, 0.29) is 11.6 Å². The summed E-state index contributed by atoms with van der Waals surface area (Å²) < 4.78 is 0. The van der Waals surface area contributed by atoms with Crippen molar-refractivity contribution >= 4 is 11.9 Å². The van der Waals surface area contributed by atoms with Crippen LogP contribution in [-0.4, -0.2) is 29.0 Å². The molecule has 1 aliphatic rings. The molecule has 0 saturated carbocycles. The van der Waals surface area contributed by atoms with Gasteiger partial charge in [0.1, 0.15) is 5.66 Å². The highest BCUT2D eigenvalue weighted by Crippen LogP contribution is 2.20. The predicted molar refractivity (Wildman–Crippen MR) is 63.5 cm³/mol. The van der Waals surface area contributed by atoms with Gasteiger partial charge in [0.15, 0.2) is 0 Å². The van der Waals surface area contributed by atoms with Gasteiger partial charge in [-0.3, -0.25) is 0 Å². The van der Waals surface area contributed by atoms with Gasteiger partial charge in [-0.25, -0.2) is 4.99 Å². The van der Waals surface area contributed by atoms with Crippen molar-refractivity contribution in [1.82, 2.24) is 4.90 Å². The Morgan fingerprint density at radius 2 is 1.93 bits per heavy atom. The van der Waals surface area contributed by atoms with Gasteiger partial charge in [0.2, 0.25) is 11.9 Å². The molecule has 0 aliphatic carbocycles. The zero-order chi connectivity index (χ0) is 11.6. The van der Waals surface area contributed by atoms with E-state index in [2.05, 4.69) is 23.8 Å². The minimum atomic E-state index is -0.384. The second-order valence-electron chi connectivity index (χ2n) is 4.77. The Morgan fingerprint density at radius 3 is 2.40 bits per heavy atom. The molecule has 5 heteroatoms. The number of guanidine groups is 2. The Balaban J connectivity index is 2.76. The van der Waals surface area contributed by atoms with Crippen LogP contribution in [0.5, 0.6) is 0 Å². The van der Waals surface area contributed by atoms with Gasteiger partial charge in [0.25, 0.3) is 0 Å². The lowest BCUT2D eigenvalue weighted by Gasteiger charge is -2.38. The molecule has 4 N–H and O–H groups in total. The highest BCUT2D eigenvalue weighted by atomic mass is 15.4. The van der Waals surface area contributed by atoms with Crippen molar-refractivity contribution in [3.05, 3.63) is 0 Å². The van der Waals surface area contributed by atoms with Crippen LogP contribution in [0.4, 0.5) is 0 Å². The van der Waals surface area contributed by atoms with Gasteiger partial charge in [-0.05, 0) is 26.2 Å². The Kier molecular flexibility index (Phi) is 3.21. The van der Waals surface area contributed by atoms with Crippen LogP contribution in [0.3, 0.4) is 0 Å². The van der Waals surface area contributed by atoms with Gasteiger partial charge in [0.05, 0.1) is 0 Å². The first-order valence-corrected chi connectivity index (χ1v) is 5.30. The van der Waals surface area contributed by atoms with Gasteiger partial charge < -0.3 is 16.4 Å². The van der Waals surface area contributed by atoms with Crippen molar-refractivity contribution in [3.8, 4) is 0 Å². The molecule has 0 fully saturated rings. The average Bonchev–Trinajstić information content (AvgIpc) is 1.98. The van der Waals surface area contributed by atoms with Gasteiger partial charge in [0, 0.05) is 6.54 Å². The van der Waals surface area contributed by atoms with Gasteiger partial charge >= 0.3 is 0 Å². The molecule has 86 valence electrons. The summed E-state index contributed by atoms with van der Waals surface area (Å²) in [6.07, 6.45) is 1.06. The van der Waals surface area contributed by atoms with E-state index in [0.29, 0.717) is 11.9 Å². The Morgan fingerprint density at radius 1 is 1.33 bits per heavy atom. The number of nitrogens with zero attached hydrogens (tertiary/aromatic N) is 3.